The highest BCUT2D eigenvalue weighted by molar-refractivity contribution is 5.92. The third-order valence-corrected chi connectivity index (χ3v) is 5.77. The number of fused-ring (bicyclic) bond motifs is 1. The fourth-order valence-electron chi connectivity index (χ4n) is 4.18. The summed E-state index contributed by atoms with van der Waals surface area (Å²) in [5.41, 5.74) is 1.25. The molecule has 6 heteroatoms. The van der Waals surface area contributed by atoms with Gasteiger partial charge in [-0.2, -0.15) is 0 Å². The second kappa shape index (κ2) is 8.65. The van der Waals surface area contributed by atoms with Crippen molar-refractivity contribution in [3.63, 3.8) is 0 Å². The van der Waals surface area contributed by atoms with Crippen molar-refractivity contribution in [3.8, 4) is 0 Å². The molecule has 1 aliphatic heterocycles. The van der Waals surface area contributed by atoms with E-state index in [0.717, 1.165) is 25.8 Å². The maximum absolute atomic E-state index is 12.3. The van der Waals surface area contributed by atoms with Gasteiger partial charge in [-0.3, -0.25) is 9.69 Å². The molecule has 2 unspecified atom stereocenters. The highest BCUT2D eigenvalue weighted by atomic mass is 16.4. The van der Waals surface area contributed by atoms with Crippen molar-refractivity contribution in [3.05, 3.63) is 40.3 Å². The Kier molecular flexibility index (Phi) is 6.26. The number of piperidine rings is 1. The monoisotopic (exact) mass is 371 g/mol. The highest BCUT2D eigenvalue weighted by Crippen LogP contribution is 2.23. The number of aryl methyl sites for hydroxylation is 1. The van der Waals surface area contributed by atoms with Gasteiger partial charge in [0, 0.05) is 18.6 Å². The molecule has 0 amide bonds. The normalized spacial score (nSPS) is 20.8. The predicted molar refractivity (Wildman–Crippen MR) is 106 cm³/mol. The zero-order valence-corrected chi connectivity index (χ0v) is 16.2. The van der Waals surface area contributed by atoms with Crippen LogP contribution in [0.4, 0.5) is 0 Å². The first-order valence-electron chi connectivity index (χ1n) is 9.96. The summed E-state index contributed by atoms with van der Waals surface area (Å²) in [4.78, 5) is 30.2. The van der Waals surface area contributed by atoms with Crippen LogP contribution in [-0.4, -0.2) is 44.2 Å². The van der Waals surface area contributed by atoms with Gasteiger partial charge in [-0.15, -0.1) is 0 Å². The van der Waals surface area contributed by atoms with E-state index in [0.29, 0.717) is 29.7 Å². The second-order valence-electron chi connectivity index (χ2n) is 7.68. The number of carboxylic acids is 1. The Morgan fingerprint density at radius 2 is 1.85 bits per heavy atom. The summed E-state index contributed by atoms with van der Waals surface area (Å²) in [7, 11) is 0. The molecule has 1 aromatic carbocycles. The van der Waals surface area contributed by atoms with E-state index in [2.05, 4.69) is 23.7 Å². The minimum Gasteiger partial charge on any atom is -0.478 e. The van der Waals surface area contributed by atoms with Crippen molar-refractivity contribution in [1.29, 1.82) is 0 Å². The lowest BCUT2D eigenvalue weighted by atomic mass is 9.97. The molecular weight excluding hydrogens is 342 g/mol. The van der Waals surface area contributed by atoms with Crippen molar-refractivity contribution >= 4 is 17.0 Å². The predicted octanol–water partition coefficient (Wildman–Crippen LogP) is 3.53. The average Bonchev–Trinajstić information content (AvgIpc) is 2.64. The first kappa shape index (κ1) is 19.5. The van der Waals surface area contributed by atoms with Crippen LogP contribution in [0.15, 0.2) is 29.2 Å². The van der Waals surface area contributed by atoms with E-state index in [1.54, 1.807) is 16.7 Å². The molecule has 27 heavy (non-hydrogen) atoms. The summed E-state index contributed by atoms with van der Waals surface area (Å²) in [5, 5.41) is 9.20. The summed E-state index contributed by atoms with van der Waals surface area (Å²) in [6.45, 7) is 6.33. The van der Waals surface area contributed by atoms with E-state index in [1.807, 2.05) is 0 Å². The molecule has 146 valence electrons. The highest BCUT2D eigenvalue weighted by Gasteiger charge is 2.23. The Morgan fingerprint density at radius 3 is 2.56 bits per heavy atom. The maximum Gasteiger partial charge on any atom is 0.335 e. The number of carbonyl (C=O) groups is 1. The standard InChI is InChI=1S/C21H29N3O3/c1-15-7-6-8-16(2)23(15)11-4-3-5-12-24-19-13-17(21(26)27)9-10-18(19)22-14-20(24)25/h9-10,13-16H,3-8,11-12H2,1-2H3,(H,26,27). The zero-order chi connectivity index (χ0) is 19.4. The van der Waals surface area contributed by atoms with Crippen LogP contribution in [-0.2, 0) is 6.54 Å². The molecular formula is C21H29N3O3. The number of aromatic nitrogens is 2. The molecule has 2 heterocycles. The second-order valence-corrected chi connectivity index (χ2v) is 7.68. The quantitative estimate of drug-likeness (QED) is 0.754. The number of carboxylic acid groups (broad SMARTS) is 1. The molecule has 1 aromatic heterocycles. The molecule has 0 spiro atoms. The van der Waals surface area contributed by atoms with Crippen LogP contribution >= 0.6 is 0 Å². The van der Waals surface area contributed by atoms with E-state index in [4.69, 9.17) is 0 Å². The molecule has 0 saturated carbocycles. The van der Waals surface area contributed by atoms with Crippen molar-refractivity contribution in [1.82, 2.24) is 14.5 Å². The fourth-order valence-corrected chi connectivity index (χ4v) is 4.18. The Balaban J connectivity index is 1.61. The number of unbranched alkanes of at least 4 members (excludes halogenated alkanes) is 2. The van der Waals surface area contributed by atoms with Gasteiger partial charge < -0.3 is 9.67 Å². The topological polar surface area (TPSA) is 75.4 Å². The first-order chi connectivity index (χ1) is 13.0. The van der Waals surface area contributed by atoms with Crippen molar-refractivity contribution in [2.45, 2.75) is 71.0 Å². The van der Waals surface area contributed by atoms with Gasteiger partial charge in [0.05, 0.1) is 22.8 Å². The number of nitrogens with zero attached hydrogens (tertiary/aromatic N) is 3. The molecule has 1 saturated heterocycles. The van der Waals surface area contributed by atoms with Gasteiger partial charge in [-0.1, -0.05) is 12.8 Å². The molecule has 1 N–H and O–H groups in total. The minimum absolute atomic E-state index is 0.177. The van der Waals surface area contributed by atoms with Gasteiger partial charge in [-0.05, 0) is 64.3 Å². The van der Waals surface area contributed by atoms with Gasteiger partial charge in [-0.25, -0.2) is 9.78 Å². The summed E-state index contributed by atoms with van der Waals surface area (Å²) in [6, 6.07) is 6.05. The molecule has 0 radical (unpaired) electrons. The summed E-state index contributed by atoms with van der Waals surface area (Å²) < 4.78 is 1.65. The zero-order valence-electron chi connectivity index (χ0n) is 16.2. The molecule has 3 rings (SSSR count). The van der Waals surface area contributed by atoms with Crippen LogP contribution < -0.4 is 5.56 Å². The number of hydrogen-bond acceptors (Lipinski definition) is 4. The Bertz CT molecular complexity index is 851. The van der Waals surface area contributed by atoms with E-state index < -0.39 is 5.97 Å². The van der Waals surface area contributed by atoms with Gasteiger partial charge in [0.2, 0.25) is 0 Å². The van der Waals surface area contributed by atoms with Gasteiger partial charge in [0.15, 0.2) is 0 Å². The van der Waals surface area contributed by atoms with E-state index >= 15 is 0 Å². The average molecular weight is 371 g/mol. The van der Waals surface area contributed by atoms with Crippen LogP contribution in [0, 0.1) is 0 Å². The lowest BCUT2D eigenvalue weighted by molar-refractivity contribution is 0.0697. The number of rotatable bonds is 7. The minimum atomic E-state index is -0.996. The number of aromatic carboxylic acids is 1. The molecule has 6 nitrogen and oxygen atoms in total. The largest absolute Gasteiger partial charge is 0.478 e. The third-order valence-electron chi connectivity index (χ3n) is 5.77. The van der Waals surface area contributed by atoms with Crippen LogP contribution in [0.3, 0.4) is 0 Å². The van der Waals surface area contributed by atoms with E-state index in [1.165, 1.54) is 31.5 Å². The molecule has 1 fully saturated rings. The van der Waals surface area contributed by atoms with Crippen LogP contribution in [0.5, 0.6) is 0 Å². The first-order valence-corrected chi connectivity index (χ1v) is 9.96. The summed E-state index contributed by atoms with van der Waals surface area (Å²) in [5.74, 6) is -0.996. The smallest absolute Gasteiger partial charge is 0.335 e. The SMILES string of the molecule is CC1CCCC(C)N1CCCCCn1c(=O)cnc2ccc(C(=O)O)cc21. The number of likely N-dealkylation sites (tertiary alicyclic amines) is 1. The van der Waals surface area contributed by atoms with E-state index in [-0.39, 0.29) is 11.1 Å². The lowest BCUT2D eigenvalue weighted by Gasteiger charge is -2.39. The number of hydrogen-bond donors (Lipinski definition) is 1. The maximum atomic E-state index is 12.3. The number of benzene rings is 1. The molecule has 1 aliphatic rings. The summed E-state index contributed by atoms with van der Waals surface area (Å²) in [6.07, 6.45) is 8.28. The van der Waals surface area contributed by atoms with Crippen molar-refractivity contribution in [2.75, 3.05) is 6.54 Å². The van der Waals surface area contributed by atoms with Crippen LogP contribution in [0.25, 0.3) is 11.0 Å². The molecule has 2 aromatic rings. The van der Waals surface area contributed by atoms with Gasteiger partial charge >= 0.3 is 5.97 Å². The van der Waals surface area contributed by atoms with Crippen LogP contribution in [0.1, 0.15) is 62.7 Å². The molecule has 0 aliphatic carbocycles. The molecule has 2 atom stereocenters. The Hall–Kier alpha value is -2.21. The Morgan fingerprint density at radius 1 is 1.15 bits per heavy atom. The lowest BCUT2D eigenvalue weighted by Crippen LogP contribution is -2.44. The van der Waals surface area contributed by atoms with Crippen molar-refractivity contribution in [2.24, 2.45) is 0 Å². The van der Waals surface area contributed by atoms with Gasteiger partial charge in [0.25, 0.3) is 5.56 Å². The van der Waals surface area contributed by atoms with E-state index in [9.17, 15) is 14.7 Å². The molecule has 0 bridgehead atoms. The van der Waals surface area contributed by atoms with Crippen molar-refractivity contribution < 1.29 is 9.90 Å². The fraction of sp³-hybridized carbons (Fsp3) is 0.571. The van der Waals surface area contributed by atoms with Crippen LogP contribution in [0.2, 0.25) is 0 Å². The summed E-state index contributed by atoms with van der Waals surface area (Å²) >= 11 is 0. The van der Waals surface area contributed by atoms with Gasteiger partial charge in [0.1, 0.15) is 0 Å². The Labute approximate surface area is 159 Å². The third kappa shape index (κ3) is 4.56.